The van der Waals surface area contributed by atoms with E-state index in [1.54, 1.807) is 30.3 Å². The van der Waals surface area contributed by atoms with Crippen molar-refractivity contribution in [1.82, 2.24) is 14.6 Å². The Morgan fingerprint density at radius 3 is 2.20 bits per heavy atom. The summed E-state index contributed by atoms with van der Waals surface area (Å²) in [5.74, 6) is -1.91. The number of benzene rings is 3. The van der Waals surface area contributed by atoms with E-state index in [4.69, 9.17) is 0 Å². The molecule has 35 heavy (non-hydrogen) atoms. The number of hydrogen-bond acceptors (Lipinski definition) is 6. The molecule has 6 rings (SSSR count). The molecule has 1 aromatic heterocycles. The van der Waals surface area contributed by atoms with Crippen molar-refractivity contribution in [3.05, 3.63) is 103 Å². The first-order valence-corrected chi connectivity index (χ1v) is 11.0. The van der Waals surface area contributed by atoms with E-state index in [2.05, 4.69) is 10.1 Å². The Hall–Kier alpha value is -4.79. The quantitative estimate of drug-likeness (QED) is 0.354. The van der Waals surface area contributed by atoms with E-state index in [0.29, 0.717) is 27.2 Å². The fourth-order valence-corrected chi connectivity index (χ4v) is 4.89. The van der Waals surface area contributed by atoms with Gasteiger partial charge in [0.15, 0.2) is 0 Å². The Bertz CT molecular complexity index is 1700. The van der Waals surface area contributed by atoms with Crippen molar-refractivity contribution in [2.75, 3.05) is 0 Å². The fourth-order valence-electron chi connectivity index (χ4n) is 4.89. The van der Waals surface area contributed by atoms with Crippen LogP contribution in [0.25, 0.3) is 16.5 Å². The Morgan fingerprint density at radius 2 is 1.57 bits per heavy atom. The zero-order valence-corrected chi connectivity index (χ0v) is 18.5. The largest absolute Gasteiger partial charge is 0.493 e. The molecule has 0 unspecified atom stereocenters. The van der Waals surface area contributed by atoms with Gasteiger partial charge in [0.1, 0.15) is 5.56 Å². The fraction of sp³-hybridized carbons (Fsp3) is 0.115. The highest BCUT2D eigenvalue weighted by atomic mass is 16.3. The van der Waals surface area contributed by atoms with Crippen LogP contribution in [-0.4, -0.2) is 37.7 Å². The molecule has 2 aliphatic rings. The lowest BCUT2D eigenvalue weighted by molar-refractivity contribution is 0.0616. The number of aromatic hydroxyl groups is 1. The number of carbonyl (C=O) groups is 2. The van der Waals surface area contributed by atoms with Crippen molar-refractivity contribution >= 4 is 28.8 Å². The van der Waals surface area contributed by atoms with Crippen LogP contribution in [0.2, 0.25) is 0 Å². The first-order chi connectivity index (χ1) is 16.8. The van der Waals surface area contributed by atoms with Crippen LogP contribution in [0.4, 0.5) is 0 Å². The van der Waals surface area contributed by atoms with E-state index in [1.807, 2.05) is 25.1 Å². The van der Waals surface area contributed by atoms with Crippen LogP contribution in [0.3, 0.4) is 0 Å². The summed E-state index contributed by atoms with van der Waals surface area (Å²) in [7, 11) is 0. The predicted molar refractivity (Wildman–Crippen MR) is 129 cm³/mol. The van der Waals surface area contributed by atoms with Crippen molar-refractivity contribution in [2.45, 2.75) is 19.8 Å². The van der Waals surface area contributed by atoms with Gasteiger partial charge in [0.2, 0.25) is 5.88 Å². The van der Waals surface area contributed by atoms with Gasteiger partial charge < -0.3 is 5.11 Å². The number of rotatable bonds is 3. The summed E-state index contributed by atoms with van der Waals surface area (Å²) in [5.41, 5.74) is 1.97. The second-order valence-corrected chi connectivity index (χ2v) is 8.63. The van der Waals surface area contributed by atoms with Crippen LogP contribution in [0, 0.1) is 6.92 Å². The number of H-pyrrole nitrogens is 1. The first-order valence-electron chi connectivity index (χ1n) is 11.0. The van der Waals surface area contributed by atoms with Crippen molar-refractivity contribution in [3.63, 3.8) is 0 Å². The highest BCUT2D eigenvalue weighted by molar-refractivity contribution is 6.26. The molecule has 0 fully saturated rings. The Labute approximate surface area is 197 Å². The van der Waals surface area contributed by atoms with Gasteiger partial charge in [-0.25, -0.2) is 9.36 Å². The van der Waals surface area contributed by atoms with E-state index in [0.717, 1.165) is 45.7 Å². The van der Waals surface area contributed by atoms with E-state index in [1.165, 1.54) is 0 Å². The number of aromatic nitrogens is 2. The van der Waals surface area contributed by atoms with Gasteiger partial charge in [-0.3, -0.25) is 19.4 Å². The SMILES string of the molecule is Cc1cccc(-n2c(O)c(/C=N/N3C(=O)c4ccc5c6c(ccc(c46)C3=O)CC5)c(=O)[nH]c2=O)c1. The Morgan fingerprint density at radius 1 is 0.914 bits per heavy atom. The summed E-state index contributed by atoms with van der Waals surface area (Å²) in [6.45, 7) is 1.82. The summed E-state index contributed by atoms with van der Waals surface area (Å²) in [6, 6.07) is 13.9. The summed E-state index contributed by atoms with van der Waals surface area (Å²) >= 11 is 0. The van der Waals surface area contributed by atoms with Gasteiger partial charge in [-0.15, -0.1) is 0 Å². The molecule has 2 N–H and O–H groups in total. The molecule has 0 saturated carbocycles. The monoisotopic (exact) mass is 466 g/mol. The van der Waals surface area contributed by atoms with Crippen molar-refractivity contribution in [2.24, 2.45) is 5.10 Å². The van der Waals surface area contributed by atoms with E-state index in [-0.39, 0.29) is 5.56 Å². The smallest absolute Gasteiger partial charge is 0.335 e. The second kappa shape index (κ2) is 7.36. The Balaban J connectivity index is 1.46. The summed E-state index contributed by atoms with van der Waals surface area (Å²) in [4.78, 5) is 53.5. The number of hydrazone groups is 1. The van der Waals surface area contributed by atoms with E-state index >= 15 is 0 Å². The van der Waals surface area contributed by atoms with Crippen LogP contribution in [0.1, 0.15) is 43.0 Å². The molecule has 0 atom stereocenters. The van der Waals surface area contributed by atoms with Gasteiger partial charge in [-0.2, -0.15) is 10.1 Å². The molecule has 2 amide bonds. The Kier molecular flexibility index (Phi) is 4.37. The molecule has 9 heteroatoms. The van der Waals surface area contributed by atoms with Crippen molar-refractivity contribution in [3.8, 4) is 11.6 Å². The van der Waals surface area contributed by atoms with Gasteiger partial charge in [-0.1, -0.05) is 24.3 Å². The van der Waals surface area contributed by atoms with E-state index < -0.39 is 28.9 Å². The zero-order chi connectivity index (χ0) is 24.4. The average Bonchev–Trinajstić information content (AvgIpc) is 3.25. The number of carbonyl (C=O) groups excluding carboxylic acids is 2. The minimum atomic E-state index is -0.903. The first kappa shape index (κ1) is 20.8. The van der Waals surface area contributed by atoms with Gasteiger partial charge in [0.25, 0.3) is 17.4 Å². The molecule has 3 aromatic carbocycles. The standard InChI is InChI=1S/C26H18N4O5/c1-13-3-2-4-16(11-13)29-23(32)19(22(31)28-26(29)35)12-27-30-24(33)17-9-7-14-5-6-15-8-10-18(25(30)34)21(17)20(14)15/h2-4,7-12,32H,5-6H2,1H3,(H,28,31,35)/b27-12+. The maximum atomic E-state index is 13.2. The molecular weight excluding hydrogens is 448 g/mol. The molecule has 172 valence electrons. The molecule has 4 aromatic rings. The van der Waals surface area contributed by atoms with Gasteiger partial charge in [0, 0.05) is 5.39 Å². The average molecular weight is 466 g/mol. The highest BCUT2D eigenvalue weighted by Crippen LogP contribution is 2.38. The number of nitrogens with one attached hydrogen (secondary N) is 1. The third-order valence-electron chi connectivity index (χ3n) is 6.53. The topological polar surface area (TPSA) is 125 Å². The molecule has 0 saturated heterocycles. The summed E-state index contributed by atoms with van der Waals surface area (Å²) in [6.07, 6.45) is 2.63. The number of aryl methyl sites for hydroxylation is 3. The lowest BCUT2D eigenvalue weighted by Gasteiger charge is -2.23. The van der Waals surface area contributed by atoms with Gasteiger partial charge >= 0.3 is 5.69 Å². The van der Waals surface area contributed by atoms with Crippen LogP contribution in [0.5, 0.6) is 5.88 Å². The molecule has 0 spiro atoms. The zero-order valence-electron chi connectivity index (χ0n) is 18.5. The molecule has 0 bridgehead atoms. The highest BCUT2D eigenvalue weighted by Gasteiger charge is 2.35. The lowest BCUT2D eigenvalue weighted by atomic mass is 9.92. The number of imide groups is 1. The van der Waals surface area contributed by atoms with Crippen LogP contribution >= 0.6 is 0 Å². The number of hydrogen-bond donors (Lipinski definition) is 2. The maximum Gasteiger partial charge on any atom is 0.335 e. The van der Waals surface area contributed by atoms with Crippen molar-refractivity contribution in [1.29, 1.82) is 0 Å². The minimum absolute atomic E-state index is 0.335. The second-order valence-electron chi connectivity index (χ2n) is 8.63. The van der Waals surface area contributed by atoms with Crippen LogP contribution in [-0.2, 0) is 12.8 Å². The predicted octanol–water partition coefficient (Wildman–Crippen LogP) is 2.42. The van der Waals surface area contributed by atoms with Crippen LogP contribution < -0.4 is 11.2 Å². The molecule has 2 heterocycles. The lowest BCUT2D eigenvalue weighted by Crippen LogP contribution is -2.37. The third kappa shape index (κ3) is 2.98. The van der Waals surface area contributed by atoms with Gasteiger partial charge in [0.05, 0.1) is 23.0 Å². The minimum Gasteiger partial charge on any atom is -0.493 e. The molecule has 1 aliphatic carbocycles. The molecule has 0 radical (unpaired) electrons. The third-order valence-corrected chi connectivity index (χ3v) is 6.53. The van der Waals surface area contributed by atoms with E-state index in [9.17, 15) is 24.3 Å². The maximum absolute atomic E-state index is 13.2. The molecular formula is C26H18N4O5. The summed E-state index contributed by atoms with van der Waals surface area (Å²) < 4.78 is 0.921. The van der Waals surface area contributed by atoms with Gasteiger partial charge in [-0.05, 0) is 66.1 Å². The van der Waals surface area contributed by atoms with Crippen LogP contribution in [0.15, 0.2) is 63.2 Å². The number of amides is 2. The van der Waals surface area contributed by atoms with Crippen molar-refractivity contribution < 1.29 is 14.7 Å². The summed E-state index contributed by atoms with van der Waals surface area (Å²) in [5, 5.41) is 17.0. The normalized spacial score (nSPS) is 14.5. The molecule has 1 aliphatic heterocycles. The number of aromatic amines is 1. The molecule has 9 nitrogen and oxygen atoms in total. The number of nitrogens with zero attached hydrogens (tertiary/aromatic N) is 3.